The number of anilines is 3. The summed E-state index contributed by atoms with van der Waals surface area (Å²) in [5.74, 6) is -0.299. The van der Waals surface area contributed by atoms with Gasteiger partial charge < -0.3 is 10.2 Å². The molecule has 0 unspecified atom stereocenters. The summed E-state index contributed by atoms with van der Waals surface area (Å²) >= 11 is 0. The number of amides is 3. The van der Waals surface area contributed by atoms with E-state index in [1.54, 1.807) is 47.5 Å². The van der Waals surface area contributed by atoms with Crippen molar-refractivity contribution >= 4 is 34.9 Å². The zero-order chi connectivity index (χ0) is 26.2. The number of hydrogen-bond donors (Lipinski definition) is 1. The van der Waals surface area contributed by atoms with Crippen LogP contribution in [0.5, 0.6) is 0 Å². The first-order valence-corrected chi connectivity index (χ1v) is 12.7. The molecule has 1 N–H and O–H groups in total. The number of pyridine rings is 1. The number of rotatable bonds is 10. The molecule has 3 amide bonds. The summed E-state index contributed by atoms with van der Waals surface area (Å²) in [5.41, 5.74) is 2.54. The molecule has 2 aromatic carbocycles. The second-order valence-electron chi connectivity index (χ2n) is 8.90. The zero-order valence-electron chi connectivity index (χ0n) is 21.4. The Morgan fingerprint density at radius 2 is 1.65 bits per heavy atom. The summed E-state index contributed by atoms with van der Waals surface area (Å²) < 4.78 is 0. The fourth-order valence-electron chi connectivity index (χ4n) is 4.49. The van der Waals surface area contributed by atoms with E-state index in [0.29, 0.717) is 35.8 Å². The molecule has 0 spiro atoms. The summed E-state index contributed by atoms with van der Waals surface area (Å²) in [7, 11) is 0. The standard InChI is InChI=1S/C29H33N5O3/c1-3-32(21-22-11-6-5-7-12-22)19-20-33(4-2)26(35)16-17-27(36)34-25-15-9-8-13-23(25)29(37)31-24-14-10-18-30-28(24)34/h5-15,18H,3-4,16-17,19-21H2,1-2H3,(H,31,37). The molecule has 1 aliphatic heterocycles. The molecule has 2 heterocycles. The number of carbonyl (C=O) groups excluding carboxylic acids is 3. The van der Waals surface area contributed by atoms with Gasteiger partial charge in [0.2, 0.25) is 11.8 Å². The predicted octanol–water partition coefficient (Wildman–Crippen LogP) is 4.46. The smallest absolute Gasteiger partial charge is 0.257 e. The van der Waals surface area contributed by atoms with Gasteiger partial charge in [0.05, 0.1) is 16.9 Å². The van der Waals surface area contributed by atoms with E-state index in [4.69, 9.17) is 0 Å². The molecule has 192 valence electrons. The van der Waals surface area contributed by atoms with Gasteiger partial charge in [0.1, 0.15) is 0 Å². The number of carbonyl (C=O) groups is 3. The normalized spacial score (nSPS) is 12.4. The second kappa shape index (κ2) is 12.3. The Labute approximate surface area is 217 Å². The molecule has 0 saturated carbocycles. The first-order chi connectivity index (χ1) is 18.0. The first kappa shape index (κ1) is 26.0. The van der Waals surface area contributed by atoms with Gasteiger partial charge in [-0.2, -0.15) is 0 Å². The molecule has 0 bridgehead atoms. The monoisotopic (exact) mass is 499 g/mol. The van der Waals surface area contributed by atoms with Crippen molar-refractivity contribution in [3.63, 3.8) is 0 Å². The van der Waals surface area contributed by atoms with E-state index < -0.39 is 0 Å². The van der Waals surface area contributed by atoms with Crippen LogP contribution >= 0.6 is 0 Å². The second-order valence-corrected chi connectivity index (χ2v) is 8.90. The number of aromatic nitrogens is 1. The van der Waals surface area contributed by atoms with Gasteiger partial charge in [-0.15, -0.1) is 0 Å². The lowest BCUT2D eigenvalue weighted by Crippen LogP contribution is -2.39. The number of likely N-dealkylation sites (N-methyl/N-ethyl adjacent to an activating group) is 2. The topological polar surface area (TPSA) is 85.9 Å². The van der Waals surface area contributed by atoms with Gasteiger partial charge in [-0.3, -0.25) is 24.2 Å². The Bertz CT molecular complexity index is 1250. The van der Waals surface area contributed by atoms with E-state index in [1.165, 1.54) is 10.5 Å². The van der Waals surface area contributed by atoms with Gasteiger partial charge >= 0.3 is 0 Å². The molecular formula is C29H33N5O3. The highest BCUT2D eigenvalue weighted by Gasteiger charge is 2.30. The maximum atomic E-state index is 13.5. The van der Waals surface area contributed by atoms with Crippen LogP contribution in [0, 0.1) is 0 Å². The van der Waals surface area contributed by atoms with Crippen LogP contribution < -0.4 is 10.2 Å². The molecule has 1 aromatic heterocycles. The summed E-state index contributed by atoms with van der Waals surface area (Å²) in [6.07, 6.45) is 1.67. The van der Waals surface area contributed by atoms with Crippen LogP contribution in [0.25, 0.3) is 0 Å². The van der Waals surface area contributed by atoms with E-state index in [9.17, 15) is 14.4 Å². The van der Waals surface area contributed by atoms with E-state index in [2.05, 4.69) is 34.3 Å². The highest BCUT2D eigenvalue weighted by molar-refractivity contribution is 6.17. The molecule has 0 radical (unpaired) electrons. The van der Waals surface area contributed by atoms with Crippen molar-refractivity contribution in [1.82, 2.24) is 14.8 Å². The maximum Gasteiger partial charge on any atom is 0.257 e. The van der Waals surface area contributed by atoms with Gasteiger partial charge in [0, 0.05) is 45.2 Å². The number of nitrogens with zero attached hydrogens (tertiary/aromatic N) is 4. The van der Waals surface area contributed by atoms with Crippen LogP contribution in [-0.4, -0.2) is 58.7 Å². The minimum absolute atomic E-state index is 0.00931. The van der Waals surface area contributed by atoms with E-state index in [-0.39, 0.29) is 30.6 Å². The van der Waals surface area contributed by atoms with Gasteiger partial charge in [0.25, 0.3) is 5.91 Å². The SMILES string of the molecule is CCN(CCN(CC)C(=O)CCC(=O)N1c2ccccc2C(=O)Nc2cccnc21)Cc1ccccc1. The van der Waals surface area contributed by atoms with E-state index in [0.717, 1.165) is 19.6 Å². The third-order valence-electron chi connectivity index (χ3n) is 6.56. The Hall–Kier alpha value is -4.04. The molecule has 0 atom stereocenters. The lowest BCUT2D eigenvalue weighted by molar-refractivity contribution is -0.133. The first-order valence-electron chi connectivity index (χ1n) is 12.7. The Kier molecular flexibility index (Phi) is 8.64. The van der Waals surface area contributed by atoms with E-state index in [1.807, 2.05) is 25.1 Å². The quantitative estimate of drug-likeness (QED) is 0.445. The fraction of sp³-hybridized carbons (Fsp3) is 0.310. The van der Waals surface area contributed by atoms with Crippen molar-refractivity contribution in [2.45, 2.75) is 33.2 Å². The fourth-order valence-corrected chi connectivity index (χ4v) is 4.49. The predicted molar refractivity (Wildman–Crippen MR) is 145 cm³/mol. The van der Waals surface area contributed by atoms with Crippen LogP contribution in [0.2, 0.25) is 0 Å². The third kappa shape index (κ3) is 6.21. The number of para-hydroxylation sites is 1. The molecule has 37 heavy (non-hydrogen) atoms. The molecule has 1 aliphatic rings. The lowest BCUT2D eigenvalue weighted by atomic mass is 10.1. The van der Waals surface area contributed by atoms with Crippen molar-refractivity contribution in [1.29, 1.82) is 0 Å². The number of benzene rings is 2. The van der Waals surface area contributed by atoms with Crippen molar-refractivity contribution < 1.29 is 14.4 Å². The summed E-state index contributed by atoms with van der Waals surface area (Å²) in [6.45, 7) is 7.70. The lowest BCUT2D eigenvalue weighted by Gasteiger charge is -2.27. The van der Waals surface area contributed by atoms with Crippen LogP contribution in [0.4, 0.5) is 17.2 Å². The minimum Gasteiger partial charge on any atom is -0.342 e. The molecule has 0 aliphatic carbocycles. The minimum atomic E-state index is -0.302. The van der Waals surface area contributed by atoms with Crippen LogP contribution in [0.1, 0.15) is 42.6 Å². The zero-order valence-corrected chi connectivity index (χ0v) is 21.4. The highest BCUT2D eigenvalue weighted by atomic mass is 16.2. The van der Waals surface area contributed by atoms with Gasteiger partial charge in [0.15, 0.2) is 5.82 Å². The van der Waals surface area contributed by atoms with Crippen molar-refractivity contribution in [2.75, 3.05) is 36.4 Å². The van der Waals surface area contributed by atoms with Crippen LogP contribution in [0.3, 0.4) is 0 Å². The number of fused-ring (bicyclic) bond motifs is 2. The van der Waals surface area contributed by atoms with Crippen molar-refractivity contribution in [3.8, 4) is 0 Å². The average Bonchev–Trinajstić information content (AvgIpc) is 3.05. The highest BCUT2D eigenvalue weighted by Crippen LogP contribution is 2.36. The van der Waals surface area contributed by atoms with Gasteiger partial charge in [-0.05, 0) is 43.3 Å². The Morgan fingerprint density at radius 3 is 2.41 bits per heavy atom. The molecule has 0 fully saturated rings. The molecule has 3 aromatic rings. The van der Waals surface area contributed by atoms with Crippen LogP contribution in [0.15, 0.2) is 72.9 Å². The molecule has 0 saturated heterocycles. The number of nitrogens with one attached hydrogen (secondary N) is 1. The molecule has 4 rings (SSSR count). The summed E-state index contributed by atoms with van der Waals surface area (Å²) in [6, 6.07) is 20.6. The van der Waals surface area contributed by atoms with Crippen molar-refractivity contribution in [2.24, 2.45) is 0 Å². The van der Waals surface area contributed by atoms with Gasteiger partial charge in [-0.25, -0.2) is 4.98 Å². The Morgan fingerprint density at radius 1 is 0.892 bits per heavy atom. The Balaban J connectivity index is 1.42. The van der Waals surface area contributed by atoms with Crippen molar-refractivity contribution in [3.05, 3.63) is 84.1 Å². The summed E-state index contributed by atoms with van der Waals surface area (Å²) in [5, 5.41) is 2.83. The third-order valence-corrected chi connectivity index (χ3v) is 6.56. The van der Waals surface area contributed by atoms with Crippen LogP contribution in [-0.2, 0) is 16.1 Å². The molecular weight excluding hydrogens is 466 g/mol. The largest absolute Gasteiger partial charge is 0.342 e. The summed E-state index contributed by atoms with van der Waals surface area (Å²) in [4.78, 5) is 49.3. The molecule has 8 heteroatoms. The number of hydrogen-bond acceptors (Lipinski definition) is 5. The maximum absolute atomic E-state index is 13.5. The van der Waals surface area contributed by atoms with Gasteiger partial charge in [-0.1, -0.05) is 49.4 Å². The van der Waals surface area contributed by atoms with E-state index >= 15 is 0 Å². The molecule has 8 nitrogen and oxygen atoms in total. The average molecular weight is 500 g/mol.